The van der Waals surface area contributed by atoms with Crippen LogP contribution < -0.4 is 5.32 Å². The highest BCUT2D eigenvalue weighted by Gasteiger charge is 2.55. The van der Waals surface area contributed by atoms with Gasteiger partial charge in [-0.2, -0.15) is 0 Å². The summed E-state index contributed by atoms with van der Waals surface area (Å²) in [6.45, 7) is 7.13. The highest BCUT2D eigenvalue weighted by Crippen LogP contribution is 2.31. The van der Waals surface area contributed by atoms with Crippen LogP contribution >= 0.6 is 11.6 Å². The first-order valence-electron chi connectivity index (χ1n) is 10.4. The molecule has 2 aliphatic rings. The van der Waals surface area contributed by atoms with Gasteiger partial charge in [-0.1, -0.05) is 56.6 Å². The molecule has 2 fully saturated rings. The fourth-order valence-corrected chi connectivity index (χ4v) is 4.27. The molecule has 0 aromatic heterocycles. The van der Waals surface area contributed by atoms with Crippen molar-refractivity contribution in [2.24, 2.45) is 0 Å². The minimum absolute atomic E-state index is 0.00732. The third kappa shape index (κ3) is 4.04. The Labute approximate surface area is 187 Å². The molecule has 4 rings (SSSR count). The predicted octanol–water partition coefficient (Wildman–Crippen LogP) is 3.97. The Bertz CT molecular complexity index is 1030. The average molecular weight is 440 g/mol. The number of likely N-dealkylation sites (tertiary alicyclic amines) is 1. The smallest absolute Gasteiger partial charge is 0.325 e. The summed E-state index contributed by atoms with van der Waals surface area (Å²) < 4.78 is 0. The Balaban J connectivity index is 1.47. The Morgan fingerprint density at radius 3 is 2.32 bits per heavy atom. The molecule has 2 heterocycles. The number of hydrogen-bond donors (Lipinski definition) is 1. The second kappa shape index (κ2) is 7.68. The normalized spacial score (nSPS) is 21.2. The van der Waals surface area contributed by atoms with Gasteiger partial charge in [0.05, 0.1) is 13.1 Å². The van der Waals surface area contributed by atoms with Crippen molar-refractivity contribution >= 4 is 29.4 Å². The zero-order valence-electron chi connectivity index (χ0n) is 17.9. The van der Waals surface area contributed by atoms with Crippen LogP contribution in [0.4, 0.5) is 4.79 Å². The number of benzene rings is 2. The molecule has 1 spiro atoms. The number of nitrogens with zero attached hydrogens (tertiary/aromatic N) is 2. The maximum absolute atomic E-state index is 13.1. The summed E-state index contributed by atoms with van der Waals surface area (Å²) in [7, 11) is 0. The van der Waals surface area contributed by atoms with Gasteiger partial charge in [0.15, 0.2) is 0 Å². The first-order valence-corrected chi connectivity index (χ1v) is 10.8. The molecule has 0 radical (unpaired) electrons. The van der Waals surface area contributed by atoms with Gasteiger partial charge in [0, 0.05) is 17.1 Å². The summed E-state index contributed by atoms with van der Waals surface area (Å²) in [5, 5.41) is 3.44. The Morgan fingerprint density at radius 1 is 1.06 bits per heavy atom. The molecule has 0 aliphatic carbocycles. The minimum atomic E-state index is -1.05. The fraction of sp³-hybridized carbons (Fsp3) is 0.375. The van der Waals surface area contributed by atoms with E-state index in [-0.39, 0.29) is 30.3 Å². The van der Waals surface area contributed by atoms with Crippen molar-refractivity contribution in [1.82, 2.24) is 15.1 Å². The number of carbonyl (C=O) groups excluding carboxylic acids is 3. The third-order valence-electron chi connectivity index (χ3n) is 6.05. The maximum Gasteiger partial charge on any atom is 0.325 e. The second-order valence-corrected chi connectivity index (χ2v) is 9.77. The summed E-state index contributed by atoms with van der Waals surface area (Å²) in [5.74, 6) is -0.415. The number of halogens is 1. The van der Waals surface area contributed by atoms with Crippen molar-refractivity contribution in [2.45, 2.75) is 44.7 Å². The van der Waals surface area contributed by atoms with E-state index >= 15 is 0 Å². The molecule has 4 amide bonds. The third-order valence-corrected chi connectivity index (χ3v) is 6.31. The zero-order valence-corrected chi connectivity index (χ0v) is 18.7. The number of urea groups is 1. The highest BCUT2D eigenvalue weighted by molar-refractivity contribution is 6.30. The summed E-state index contributed by atoms with van der Waals surface area (Å²) in [5.41, 5.74) is 1.51. The van der Waals surface area contributed by atoms with Crippen molar-refractivity contribution in [3.05, 3.63) is 70.2 Å². The second-order valence-electron chi connectivity index (χ2n) is 9.33. The Morgan fingerprint density at radius 2 is 1.71 bits per heavy atom. The molecule has 2 aromatic rings. The van der Waals surface area contributed by atoms with E-state index in [2.05, 4.69) is 26.1 Å². The number of amides is 4. The van der Waals surface area contributed by atoms with E-state index in [4.69, 9.17) is 11.6 Å². The number of hydrogen-bond acceptors (Lipinski definition) is 3. The van der Waals surface area contributed by atoms with Crippen molar-refractivity contribution in [2.75, 3.05) is 13.1 Å². The van der Waals surface area contributed by atoms with Gasteiger partial charge in [-0.15, -0.1) is 0 Å². The topological polar surface area (TPSA) is 69.7 Å². The molecule has 1 N–H and O–H groups in total. The first kappa shape index (κ1) is 21.4. The van der Waals surface area contributed by atoms with E-state index in [1.807, 2.05) is 24.3 Å². The minimum Gasteiger partial charge on any atom is -0.336 e. The lowest BCUT2D eigenvalue weighted by Gasteiger charge is -2.23. The van der Waals surface area contributed by atoms with Crippen LogP contribution in [0.15, 0.2) is 48.5 Å². The lowest BCUT2D eigenvalue weighted by Crippen LogP contribution is -2.49. The number of carbonyl (C=O) groups is 3. The Hall–Kier alpha value is -2.86. The SMILES string of the molecule is CC(C)(C)c1ccc(C(=O)N2CC[C@]3(C2)NC(=O)N(Cc2ccc(Cl)cc2)C3=O)cc1. The van der Waals surface area contributed by atoms with Gasteiger partial charge in [0.2, 0.25) is 0 Å². The van der Waals surface area contributed by atoms with Crippen molar-refractivity contribution in [1.29, 1.82) is 0 Å². The van der Waals surface area contributed by atoms with Gasteiger partial charge in [-0.25, -0.2) is 4.79 Å². The molecular formula is C24H26ClN3O3. The predicted molar refractivity (Wildman–Crippen MR) is 119 cm³/mol. The van der Waals surface area contributed by atoms with E-state index in [1.54, 1.807) is 29.2 Å². The average Bonchev–Trinajstić information content (AvgIpc) is 3.25. The lowest BCUT2D eigenvalue weighted by molar-refractivity contribution is -0.131. The van der Waals surface area contributed by atoms with Crippen LogP contribution in [-0.4, -0.2) is 46.3 Å². The molecule has 2 aromatic carbocycles. The number of imide groups is 1. The van der Waals surface area contributed by atoms with Gasteiger partial charge in [-0.3, -0.25) is 14.5 Å². The summed E-state index contributed by atoms with van der Waals surface area (Å²) in [4.78, 5) is 41.6. The van der Waals surface area contributed by atoms with E-state index in [1.165, 1.54) is 4.90 Å². The van der Waals surface area contributed by atoms with E-state index in [0.29, 0.717) is 23.6 Å². The van der Waals surface area contributed by atoms with Gasteiger partial charge in [-0.05, 0) is 47.2 Å². The molecule has 1 atom stereocenters. The highest BCUT2D eigenvalue weighted by atomic mass is 35.5. The van der Waals surface area contributed by atoms with Crippen LogP contribution in [0.3, 0.4) is 0 Å². The quantitative estimate of drug-likeness (QED) is 0.735. The Kier molecular flexibility index (Phi) is 5.30. The molecule has 2 saturated heterocycles. The van der Waals surface area contributed by atoms with Crippen LogP contribution in [0.2, 0.25) is 5.02 Å². The van der Waals surface area contributed by atoms with E-state index in [9.17, 15) is 14.4 Å². The van der Waals surface area contributed by atoms with Crippen LogP contribution in [0.5, 0.6) is 0 Å². The van der Waals surface area contributed by atoms with Crippen molar-refractivity contribution in [3.8, 4) is 0 Å². The summed E-state index contributed by atoms with van der Waals surface area (Å²) >= 11 is 5.91. The number of nitrogens with one attached hydrogen (secondary N) is 1. The molecule has 0 unspecified atom stereocenters. The van der Waals surface area contributed by atoms with E-state index < -0.39 is 11.6 Å². The molecule has 0 saturated carbocycles. The standard InChI is InChI=1S/C24H26ClN3O3/c1-23(2,3)18-8-6-17(7-9-18)20(29)27-13-12-24(15-27)21(30)28(22(31)26-24)14-16-4-10-19(25)11-5-16/h4-11H,12-15H2,1-3H3,(H,26,31)/t24-/m1/s1. The van der Waals surface area contributed by atoms with E-state index in [0.717, 1.165) is 11.1 Å². The summed E-state index contributed by atoms with van der Waals surface area (Å²) in [6.07, 6.45) is 0.403. The van der Waals surface area contributed by atoms with Gasteiger partial charge >= 0.3 is 6.03 Å². The zero-order chi connectivity index (χ0) is 22.4. The van der Waals surface area contributed by atoms with Crippen LogP contribution in [-0.2, 0) is 16.8 Å². The molecule has 7 heteroatoms. The van der Waals surface area contributed by atoms with Crippen LogP contribution in [0.25, 0.3) is 0 Å². The molecule has 31 heavy (non-hydrogen) atoms. The fourth-order valence-electron chi connectivity index (χ4n) is 4.15. The molecular weight excluding hydrogens is 414 g/mol. The largest absolute Gasteiger partial charge is 0.336 e. The number of rotatable bonds is 3. The summed E-state index contributed by atoms with van der Waals surface area (Å²) in [6, 6.07) is 14.2. The van der Waals surface area contributed by atoms with Gasteiger partial charge in [0.1, 0.15) is 5.54 Å². The molecule has 0 bridgehead atoms. The monoisotopic (exact) mass is 439 g/mol. The van der Waals surface area contributed by atoms with Crippen molar-refractivity contribution in [3.63, 3.8) is 0 Å². The van der Waals surface area contributed by atoms with Crippen LogP contribution in [0.1, 0.15) is 48.7 Å². The maximum atomic E-state index is 13.1. The lowest BCUT2D eigenvalue weighted by atomic mass is 9.86. The first-order chi connectivity index (χ1) is 14.6. The van der Waals surface area contributed by atoms with Gasteiger partial charge < -0.3 is 10.2 Å². The molecule has 2 aliphatic heterocycles. The van der Waals surface area contributed by atoms with Gasteiger partial charge in [0.25, 0.3) is 11.8 Å². The van der Waals surface area contributed by atoms with Crippen LogP contribution in [0, 0.1) is 0 Å². The molecule has 6 nitrogen and oxygen atoms in total. The van der Waals surface area contributed by atoms with Crippen molar-refractivity contribution < 1.29 is 14.4 Å². The molecule has 162 valence electrons.